The summed E-state index contributed by atoms with van der Waals surface area (Å²) in [7, 11) is -3.46. The van der Waals surface area contributed by atoms with E-state index in [1.165, 1.54) is 0 Å². The Morgan fingerprint density at radius 1 is 1.18 bits per heavy atom. The molecule has 0 atom stereocenters. The van der Waals surface area contributed by atoms with Crippen molar-refractivity contribution in [3.8, 4) is 17.3 Å². The Labute approximate surface area is 131 Å². The first-order valence-corrected chi connectivity index (χ1v) is 8.55. The van der Waals surface area contributed by atoms with Crippen LogP contribution in [0.15, 0.2) is 41.3 Å². The SMILES string of the molecule is CC(C)CNS(=O)(=O)c1ccc(-c2ccc(CC#N)[nH]2)cc1. The fraction of sp³-hybridized carbons (Fsp3) is 0.312. The lowest BCUT2D eigenvalue weighted by molar-refractivity contribution is 0.560. The second-order valence-corrected chi connectivity index (χ2v) is 7.27. The zero-order valence-corrected chi connectivity index (χ0v) is 13.4. The maximum absolute atomic E-state index is 12.1. The van der Waals surface area contributed by atoms with Crippen LogP contribution in [0.4, 0.5) is 0 Å². The predicted molar refractivity (Wildman–Crippen MR) is 85.6 cm³/mol. The van der Waals surface area contributed by atoms with Crippen LogP contribution in [-0.2, 0) is 16.4 Å². The van der Waals surface area contributed by atoms with Gasteiger partial charge in [0.1, 0.15) is 0 Å². The molecule has 5 nitrogen and oxygen atoms in total. The van der Waals surface area contributed by atoms with Gasteiger partial charge < -0.3 is 4.98 Å². The van der Waals surface area contributed by atoms with Crippen molar-refractivity contribution in [1.29, 1.82) is 5.26 Å². The van der Waals surface area contributed by atoms with Gasteiger partial charge >= 0.3 is 0 Å². The summed E-state index contributed by atoms with van der Waals surface area (Å²) < 4.78 is 26.8. The van der Waals surface area contributed by atoms with Crippen molar-refractivity contribution in [3.63, 3.8) is 0 Å². The maximum Gasteiger partial charge on any atom is 0.240 e. The van der Waals surface area contributed by atoms with Crippen LogP contribution in [0.25, 0.3) is 11.3 Å². The van der Waals surface area contributed by atoms with E-state index in [9.17, 15) is 8.42 Å². The van der Waals surface area contributed by atoms with E-state index in [0.717, 1.165) is 17.0 Å². The van der Waals surface area contributed by atoms with Gasteiger partial charge in [-0.25, -0.2) is 13.1 Å². The average Bonchev–Trinajstić information content (AvgIpc) is 2.94. The third-order valence-corrected chi connectivity index (χ3v) is 4.61. The third-order valence-electron chi connectivity index (χ3n) is 3.17. The molecule has 0 spiro atoms. The summed E-state index contributed by atoms with van der Waals surface area (Å²) in [4.78, 5) is 3.39. The Balaban J connectivity index is 2.17. The van der Waals surface area contributed by atoms with Crippen LogP contribution in [-0.4, -0.2) is 19.9 Å². The van der Waals surface area contributed by atoms with Gasteiger partial charge in [0.05, 0.1) is 17.4 Å². The lowest BCUT2D eigenvalue weighted by atomic mass is 10.2. The molecule has 2 rings (SSSR count). The van der Waals surface area contributed by atoms with Crippen molar-refractivity contribution < 1.29 is 8.42 Å². The summed E-state index contributed by atoms with van der Waals surface area (Å²) in [5, 5.41) is 8.67. The van der Waals surface area contributed by atoms with Gasteiger partial charge in [0.25, 0.3) is 0 Å². The van der Waals surface area contributed by atoms with Crippen molar-refractivity contribution >= 4 is 10.0 Å². The quantitative estimate of drug-likeness (QED) is 0.859. The highest BCUT2D eigenvalue weighted by molar-refractivity contribution is 7.89. The Bertz CT molecular complexity index is 768. The Hall–Kier alpha value is -2.10. The fourth-order valence-electron chi connectivity index (χ4n) is 1.97. The molecule has 0 aliphatic heterocycles. The first-order valence-electron chi connectivity index (χ1n) is 7.07. The molecular formula is C16H19N3O2S. The molecule has 0 radical (unpaired) electrons. The van der Waals surface area contributed by atoms with Crippen LogP contribution in [0.2, 0.25) is 0 Å². The molecule has 0 aliphatic rings. The molecule has 0 fully saturated rings. The van der Waals surface area contributed by atoms with Crippen molar-refractivity contribution in [2.75, 3.05) is 6.54 Å². The largest absolute Gasteiger partial charge is 0.358 e. The van der Waals surface area contributed by atoms with Crippen LogP contribution >= 0.6 is 0 Å². The number of aromatic amines is 1. The lowest BCUT2D eigenvalue weighted by Crippen LogP contribution is -2.27. The summed E-state index contributed by atoms with van der Waals surface area (Å²) >= 11 is 0. The molecule has 6 heteroatoms. The van der Waals surface area contributed by atoms with Crippen LogP contribution in [0.1, 0.15) is 19.5 Å². The molecule has 2 aromatic rings. The van der Waals surface area contributed by atoms with Crippen molar-refractivity contribution in [2.24, 2.45) is 5.92 Å². The lowest BCUT2D eigenvalue weighted by Gasteiger charge is -2.09. The zero-order chi connectivity index (χ0) is 16.2. The number of benzene rings is 1. The smallest absolute Gasteiger partial charge is 0.240 e. The molecule has 1 aromatic carbocycles. The number of nitrogens with one attached hydrogen (secondary N) is 2. The molecule has 116 valence electrons. The molecular weight excluding hydrogens is 298 g/mol. The van der Waals surface area contributed by atoms with Gasteiger partial charge in [0, 0.05) is 17.9 Å². The summed E-state index contributed by atoms with van der Waals surface area (Å²) in [6, 6.07) is 12.5. The summed E-state index contributed by atoms with van der Waals surface area (Å²) in [6.45, 7) is 4.32. The highest BCUT2D eigenvalue weighted by Gasteiger charge is 2.14. The molecule has 1 heterocycles. The van der Waals surface area contributed by atoms with Gasteiger partial charge in [-0.05, 0) is 35.7 Å². The molecule has 0 unspecified atom stereocenters. The van der Waals surface area contributed by atoms with E-state index < -0.39 is 10.0 Å². The van der Waals surface area contributed by atoms with E-state index in [2.05, 4.69) is 15.8 Å². The molecule has 0 bridgehead atoms. The number of nitrogens with zero attached hydrogens (tertiary/aromatic N) is 1. The monoisotopic (exact) mass is 317 g/mol. The van der Waals surface area contributed by atoms with Crippen LogP contribution < -0.4 is 4.72 Å². The minimum absolute atomic E-state index is 0.251. The second kappa shape index (κ2) is 6.77. The number of H-pyrrole nitrogens is 1. The number of sulfonamides is 1. The van der Waals surface area contributed by atoms with Crippen molar-refractivity contribution in [1.82, 2.24) is 9.71 Å². The van der Waals surface area contributed by atoms with Gasteiger partial charge in [-0.1, -0.05) is 26.0 Å². The number of aromatic nitrogens is 1. The van der Waals surface area contributed by atoms with Gasteiger partial charge in [-0.15, -0.1) is 0 Å². The summed E-state index contributed by atoms with van der Waals surface area (Å²) in [5.41, 5.74) is 2.59. The van der Waals surface area contributed by atoms with Gasteiger partial charge in [-0.3, -0.25) is 0 Å². The number of nitriles is 1. The Kier molecular flexibility index (Phi) is 5.01. The molecule has 0 saturated carbocycles. The normalized spacial score (nSPS) is 11.5. The van der Waals surface area contributed by atoms with E-state index in [-0.39, 0.29) is 10.8 Å². The molecule has 0 amide bonds. The van der Waals surface area contributed by atoms with Crippen molar-refractivity contribution in [2.45, 2.75) is 25.2 Å². The Morgan fingerprint density at radius 3 is 2.45 bits per heavy atom. The number of rotatable bonds is 6. The van der Waals surface area contributed by atoms with E-state index in [4.69, 9.17) is 5.26 Å². The standard InChI is InChI=1S/C16H19N3O2S/c1-12(2)11-18-22(20,21)15-6-3-13(4-7-15)16-8-5-14(19-16)9-10-17/h3-8,12,18-19H,9,11H2,1-2H3. The first-order chi connectivity index (χ1) is 10.4. The van der Waals surface area contributed by atoms with Gasteiger partial charge in [-0.2, -0.15) is 5.26 Å². The number of hydrogen-bond acceptors (Lipinski definition) is 3. The van der Waals surface area contributed by atoms with Crippen LogP contribution in [0.3, 0.4) is 0 Å². The van der Waals surface area contributed by atoms with Gasteiger partial charge in [0.2, 0.25) is 10.0 Å². The highest BCUT2D eigenvalue weighted by Crippen LogP contribution is 2.21. The van der Waals surface area contributed by atoms with E-state index in [1.54, 1.807) is 24.3 Å². The minimum atomic E-state index is -3.46. The highest BCUT2D eigenvalue weighted by atomic mass is 32.2. The first kappa shape index (κ1) is 16.3. The van der Waals surface area contributed by atoms with Gasteiger partial charge in [0.15, 0.2) is 0 Å². The zero-order valence-electron chi connectivity index (χ0n) is 12.6. The molecule has 1 aromatic heterocycles. The molecule has 0 saturated heterocycles. The summed E-state index contributed by atoms with van der Waals surface area (Å²) in [5.74, 6) is 0.256. The Morgan fingerprint density at radius 2 is 1.86 bits per heavy atom. The molecule has 0 aliphatic carbocycles. The number of hydrogen-bond donors (Lipinski definition) is 2. The van der Waals surface area contributed by atoms with E-state index in [0.29, 0.717) is 13.0 Å². The third kappa shape index (κ3) is 3.97. The topological polar surface area (TPSA) is 85.8 Å². The molecule has 22 heavy (non-hydrogen) atoms. The second-order valence-electron chi connectivity index (χ2n) is 5.50. The summed E-state index contributed by atoms with van der Waals surface area (Å²) in [6.07, 6.45) is 0.325. The van der Waals surface area contributed by atoms with Crippen LogP contribution in [0.5, 0.6) is 0 Å². The van der Waals surface area contributed by atoms with Crippen molar-refractivity contribution in [3.05, 3.63) is 42.1 Å². The molecule has 2 N–H and O–H groups in total. The van der Waals surface area contributed by atoms with E-state index >= 15 is 0 Å². The fourth-order valence-corrected chi connectivity index (χ4v) is 3.18. The average molecular weight is 317 g/mol. The predicted octanol–water partition coefficient (Wildman–Crippen LogP) is 2.68. The maximum atomic E-state index is 12.1. The van der Waals surface area contributed by atoms with Crippen LogP contribution in [0, 0.1) is 17.2 Å². The van der Waals surface area contributed by atoms with E-state index in [1.807, 2.05) is 26.0 Å². The minimum Gasteiger partial charge on any atom is -0.358 e.